The fourth-order valence-corrected chi connectivity index (χ4v) is 4.86. The molecule has 0 saturated carbocycles. The Labute approximate surface area is 171 Å². The van der Waals surface area contributed by atoms with E-state index in [1.54, 1.807) is 20.2 Å². The van der Waals surface area contributed by atoms with E-state index in [0.29, 0.717) is 11.8 Å². The molecule has 5 rings (SSSR count). The van der Waals surface area contributed by atoms with Crippen molar-refractivity contribution in [3.63, 3.8) is 0 Å². The molecule has 3 aliphatic heterocycles. The molecule has 5 unspecified atom stereocenters. The molecule has 3 aliphatic rings. The van der Waals surface area contributed by atoms with Gasteiger partial charge in [-0.15, -0.1) is 6.58 Å². The molecule has 0 amide bonds. The molecule has 3 saturated heterocycles. The number of piperidine rings is 3. The Morgan fingerprint density at radius 2 is 2.24 bits per heavy atom. The molecule has 1 N–H and O–H groups in total. The summed E-state index contributed by atoms with van der Waals surface area (Å²) in [6.45, 7) is 7.56. The van der Waals surface area contributed by atoms with Gasteiger partial charge in [-0.05, 0) is 68.0 Å². The third-order valence-corrected chi connectivity index (χ3v) is 6.49. The van der Waals surface area contributed by atoms with Crippen LogP contribution in [0.3, 0.4) is 0 Å². The average molecular weight is 396 g/mol. The van der Waals surface area contributed by atoms with Gasteiger partial charge in [0.25, 0.3) is 0 Å². The van der Waals surface area contributed by atoms with Crippen LogP contribution < -0.4 is 4.74 Å². The van der Waals surface area contributed by atoms with Gasteiger partial charge in [0, 0.05) is 24.2 Å². The van der Waals surface area contributed by atoms with Gasteiger partial charge in [-0.25, -0.2) is 4.79 Å². The summed E-state index contributed by atoms with van der Waals surface area (Å²) in [6, 6.07) is 7.85. The van der Waals surface area contributed by atoms with E-state index in [-0.39, 0.29) is 12.1 Å². The van der Waals surface area contributed by atoms with E-state index in [4.69, 9.17) is 9.47 Å². The van der Waals surface area contributed by atoms with Crippen LogP contribution in [0.5, 0.6) is 5.75 Å². The van der Waals surface area contributed by atoms with E-state index in [1.807, 2.05) is 24.3 Å². The molecule has 1 aromatic heterocycles. The van der Waals surface area contributed by atoms with Crippen molar-refractivity contribution in [1.29, 1.82) is 0 Å². The molecular weight excluding hydrogens is 368 g/mol. The van der Waals surface area contributed by atoms with Crippen LogP contribution in [0.2, 0.25) is 0 Å². The Balaban J connectivity index is 1.77. The van der Waals surface area contributed by atoms with Gasteiger partial charge >= 0.3 is 5.97 Å². The molecule has 0 radical (unpaired) electrons. The lowest BCUT2D eigenvalue weighted by atomic mass is 9.73. The van der Waals surface area contributed by atoms with E-state index in [9.17, 15) is 9.90 Å². The predicted octanol–water partition coefficient (Wildman–Crippen LogP) is 3.67. The second-order valence-corrected chi connectivity index (χ2v) is 8.07. The molecular formula is C23H28N2O4. The number of ether oxygens (including phenoxy) is 2. The summed E-state index contributed by atoms with van der Waals surface area (Å²) in [4.78, 5) is 18.5. The molecule has 6 heteroatoms. The number of hydrogen-bond acceptors (Lipinski definition) is 5. The molecule has 154 valence electrons. The number of fused-ring (bicyclic) bond motifs is 4. The van der Waals surface area contributed by atoms with Gasteiger partial charge in [-0.3, -0.25) is 9.88 Å². The Bertz CT molecular complexity index is 915. The highest BCUT2D eigenvalue weighted by molar-refractivity contribution is 5.84. The highest BCUT2D eigenvalue weighted by atomic mass is 16.5. The SMILES string of the molecule is C=CC1CN2CCC1CC2[C@H](OC(C)C(=O)O)c1ccnc2ccc(OC)cc12. The second kappa shape index (κ2) is 8.13. The number of carboxylic acids is 1. The predicted molar refractivity (Wildman–Crippen MR) is 111 cm³/mol. The molecule has 4 heterocycles. The maximum absolute atomic E-state index is 11.6. The largest absolute Gasteiger partial charge is 0.497 e. The zero-order valence-electron chi connectivity index (χ0n) is 17.0. The summed E-state index contributed by atoms with van der Waals surface area (Å²) in [5.74, 6) is 0.850. The number of hydrogen-bond donors (Lipinski definition) is 1. The molecule has 6 nitrogen and oxygen atoms in total. The first-order chi connectivity index (χ1) is 14.0. The smallest absolute Gasteiger partial charge is 0.332 e. The van der Waals surface area contributed by atoms with Crippen LogP contribution in [-0.4, -0.2) is 53.3 Å². The monoisotopic (exact) mass is 396 g/mol. The van der Waals surface area contributed by atoms with Crippen LogP contribution in [0.25, 0.3) is 10.9 Å². The van der Waals surface area contributed by atoms with Gasteiger partial charge < -0.3 is 14.6 Å². The molecule has 29 heavy (non-hydrogen) atoms. The van der Waals surface area contributed by atoms with Crippen molar-refractivity contribution in [3.8, 4) is 5.75 Å². The number of nitrogens with zero attached hydrogens (tertiary/aromatic N) is 2. The highest BCUT2D eigenvalue weighted by Crippen LogP contribution is 2.44. The average Bonchev–Trinajstić information content (AvgIpc) is 2.76. The highest BCUT2D eigenvalue weighted by Gasteiger charge is 2.44. The lowest BCUT2D eigenvalue weighted by molar-refractivity contribution is -0.159. The van der Waals surface area contributed by atoms with E-state index in [0.717, 1.165) is 48.1 Å². The third kappa shape index (κ3) is 3.74. The van der Waals surface area contributed by atoms with Crippen LogP contribution in [0.15, 0.2) is 43.1 Å². The third-order valence-electron chi connectivity index (χ3n) is 6.49. The minimum atomic E-state index is -0.953. The Hall–Kier alpha value is -2.44. The van der Waals surface area contributed by atoms with Gasteiger partial charge in [0.05, 0.1) is 18.7 Å². The van der Waals surface area contributed by atoms with Crippen molar-refractivity contribution in [2.45, 2.75) is 38.0 Å². The first-order valence-electron chi connectivity index (χ1n) is 10.2. The minimum Gasteiger partial charge on any atom is -0.497 e. The standard InChI is InChI=1S/C23H28N2O4/c1-4-15-13-25-10-8-16(15)11-21(25)22(29-14(2)23(26)27)18-7-9-24-20-6-5-17(28-3)12-19(18)20/h4-7,9,12,14-16,21-22H,1,8,10-11,13H2,2-3H3,(H,26,27)/t14?,15?,16?,21?,22-/m1/s1. The zero-order chi connectivity index (χ0) is 20.5. The minimum absolute atomic E-state index is 0.128. The van der Waals surface area contributed by atoms with E-state index in [1.165, 1.54) is 0 Å². The summed E-state index contributed by atoms with van der Waals surface area (Å²) >= 11 is 0. The van der Waals surface area contributed by atoms with E-state index < -0.39 is 12.1 Å². The van der Waals surface area contributed by atoms with Crippen LogP contribution in [0.4, 0.5) is 0 Å². The number of carbonyl (C=O) groups is 1. The second-order valence-electron chi connectivity index (χ2n) is 8.07. The number of methoxy groups -OCH3 is 1. The van der Waals surface area contributed by atoms with Crippen molar-refractivity contribution >= 4 is 16.9 Å². The number of benzene rings is 1. The number of pyridine rings is 1. The van der Waals surface area contributed by atoms with E-state index in [2.05, 4.69) is 22.5 Å². The van der Waals surface area contributed by atoms with Crippen LogP contribution in [-0.2, 0) is 9.53 Å². The van der Waals surface area contributed by atoms with Crippen molar-refractivity contribution in [1.82, 2.24) is 9.88 Å². The Morgan fingerprint density at radius 3 is 2.90 bits per heavy atom. The van der Waals surface area contributed by atoms with Gasteiger partial charge in [0.15, 0.2) is 6.10 Å². The van der Waals surface area contributed by atoms with Crippen LogP contribution in [0.1, 0.15) is 31.4 Å². The maximum atomic E-state index is 11.6. The first-order valence-corrected chi connectivity index (χ1v) is 10.2. The summed E-state index contributed by atoms with van der Waals surface area (Å²) in [5, 5.41) is 10.4. The Morgan fingerprint density at radius 1 is 1.41 bits per heavy atom. The first kappa shape index (κ1) is 19.9. The van der Waals surface area contributed by atoms with Crippen LogP contribution >= 0.6 is 0 Å². The molecule has 3 fully saturated rings. The maximum Gasteiger partial charge on any atom is 0.332 e. The lowest BCUT2D eigenvalue weighted by Crippen LogP contribution is -2.55. The topological polar surface area (TPSA) is 71.9 Å². The number of carboxylic acid groups (broad SMARTS) is 1. The molecule has 2 bridgehead atoms. The van der Waals surface area contributed by atoms with Gasteiger partial charge in [0.2, 0.25) is 0 Å². The van der Waals surface area contributed by atoms with Gasteiger partial charge in [-0.1, -0.05) is 6.08 Å². The normalized spacial score (nSPS) is 28.1. The quantitative estimate of drug-likeness (QED) is 0.720. The number of aromatic nitrogens is 1. The van der Waals surface area contributed by atoms with Crippen molar-refractivity contribution in [2.24, 2.45) is 11.8 Å². The molecule has 0 aliphatic carbocycles. The van der Waals surface area contributed by atoms with Crippen molar-refractivity contribution in [3.05, 3.63) is 48.7 Å². The number of rotatable bonds is 7. The molecule has 1 aromatic carbocycles. The molecule has 0 spiro atoms. The van der Waals surface area contributed by atoms with E-state index >= 15 is 0 Å². The van der Waals surface area contributed by atoms with Crippen LogP contribution in [0, 0.1) is 11.8 Å². The fraction of sp³-hybridized carbons (Fsp3) is 0.478. The van der Waals surface area contributed by atoms with Crippen molar-refractivity contribution < 1.29 is 19.4 Å². The lowest BCUT2D eigenvalue weighted by Gasteiger charge is -2.51. The molecule has 2 aromatic rings. The summed E-state index contributed by atoms with van der Waals surface area (Å²) < 4.78 is 11.6. The zero-order valence-corrected chi connectivity index (χ0v) is 17.0. The fourth-order valence-electron chi connectivity index (χ4n) is 4.86. The summed E-state index contributed by atoms with van der Waals surface area (Å²) in [6.07, 6.45) is 4.71. The van der Waals surface area contributed by atoms with Gasteiger partial charge in [-0.2, -0.15) is 0 Å². The Kier molecular flexibility index (Phi) is 5.56. The number of aliphatic carboxylic acids is 1. The van der Waals surface area contributed by atoms with Crippen molar-refractivity contribution in [2.75, 3.05) is 20.2 Å². The summed E-state index contributed by atoms with van der Waals surface area (Å²) in [7, 11) is 1.64. The molecule has 6 atom stereocenters. The van der Waals surface area contributed by atoms with Gasteiger partial charge in [0.1, 0.15) is 5.75 Å². The summed E-state index contributed by atoms with van der Waals surface area (Å²) in [5.41, 5.74) is 1.81.